The molecule has 4 nitrogen and oxygen atoms in total. The fourth-order valence-corrected chi connectivity index (χ4v) is 0.975. The van der Waals surface area contributed by atoms with Gasteiger partial charge in [0, 0.05) is 18.3 Å². The van der Waals surface area contributed by atoms with Gasteiger partial charge in [-0.25, -0.2) is 4.99 Å². The van der Waals surface area contributed by atoms with E-state index in [-0.39, 0.29) is 18.4 Å². The first-order valence-electron chi connectivity index (χ1n) is 3.62. The molecule has 2 atom stereocenters. The van der Waals surface area contributed by atoms with Gasteiger partial charge in [0.1, 0.15) is 6.04 Å². The van der Waals surface area contributed by atoms with E-state index in [0.717, 1.165) is 0 Å². The van der Waals surface area contributed by atoms with Crippen molar-refractivity contribution in [3.8, 4) is 0 Å². The van der Waals surface area contributed by atoms with Gasteiger partial charge in [-0.3, -0.25) is 9.79 Å². The summed E-state index contributed by atoms with van der Waals surface area (Å²) in [5.41, 5.74) is 0. The number of carbonyl (C=O) groups is 1. The zero-order valence-corrected chi connectivity index (χ0v) is 6.55. The molecule has 0 saturated carbocycles. The minimum Gasteiger partial charge on any atom is -0.396 e. The molecule has 1 amide bonds. The Bertz CT molecular complexity index is 245. The van der Waals surface area contributed by atoms with Gasteiger partial charge in [-0.1, -0.05) is 6.08 Å². The highest BCUT2D eigenvalue weighted by Gasteiger charge is 2.25. The quantitative estimate of drug-likeness (QED) is 0.592. The molecule has 0 radical (unpaired) electrons. The summed E-state index contributed by atoms with van der Waals surface area (Å²) >= 11 is 0. The van der Waals surface area contributed by atoms with Crippen LogP contribution in [0.2, 0.25) is 0 Å². The molecular formula is C8H10N2O2. The highest BCUT2D eigenvalue weighted by Crippen LogP contribution is 2.11. The Morgan fingerprint density at radius 2 is 2.50 bits per heavy atom. The highest BCUT2D eigenvalue weighted by atomic mass is 16.3. The van der Waals surface area contributed by atoms with Crippen LogP contribution in [-0.2, 0) is 4.79 Å². The molecule has 12 heavy (non-hydrogen) atoms. The van der Waals surface area contributed by atoms with Crippen molar-refractivity contribution in [1.29, 1.82) is 0 Å². The minimum atomic E-state index is -0.586. The number of aliphatic hydroxyl groups excluding tert-OH is 1. The third kappa shape index (κ3) is 1.65. The first kappa shape index (κ1) is 8.80. The number of hydrogen-bond donors (Lipinski definition) is 1. The molecule has 0 aromatic rings. The maximum Gasteiger partial charge on any atom is 0.271 e. The summed E-state index contributed by atoms with van der Waals surface area (Å²) in [6.07, 6.45) is 4.31. The largest absolute Gasteiger partial charge is 0.396 e. The lowest BCUT2D eigenvalue weighted by atomic mass is 10.0. The average molecular weight is 166 g/mol. The second-order valence-corrected chi connectivity index (χ2v) is 2.44. The Labute approximate surface area is 70.3 Å². The van der Waals surface area contributed by atoms with Crippen molar-refractivity contribution in [2.75, 3.05) is 6.61 Å². The first-order chi connectivity index (χ1) is 5.79. The van der Waals surface area contributed by atoms with Crippen LogP contribution in [0.4, 0.5) is 0 Å². The molecule has 0 fully saturated rings. The zero-order valence-electron chi connectivity index (χ0n) is 6.55. The summed E-state index contributed by atoms with van der Waals surface area (Å²) in [7, 11) is 0. The normalized spacial score (nSPS) is 24.1. The molecule has 0 bridgehead atoms. The topological polar surface area (TPSA) is 62.0 Å². The lowest BCUT2D eigenvalue weighted by molar-refractivity contribution is -0.120. The molecular weight excluding hydrogens is 156 g/mol. The molecule has 0 aliphatic carbocycles. The van der Waals surface area contributed by atoms with Crippen molar-refractivity contribution in [1.82, 2.24) is 0 Å². The number of amides is 1. The van der Waals surface area contributed by atoms with Crippen LogP contribution in [0.25, 0.3) is 0 Å². The Kier molecular flexibility index (Phi) is 2.88. The Morgan fingerprint density at radius 1 is 1.75 bits per heavy atom. The molecule has 0 saturated heterocycles. The molecule has 1 N–H and O–H groups in total. The molecule has 0 aromatic carbocycles. The van der Waals surface area contributed by atoms with Gasteiger partial charge in [0.15, 0.2) is 0 Å². The maximum absolute atomic E-state index is 11.1. The molecule has 1 heterocycles. The van der Waals surface area contributed by atoms with Crippen LogP contribution in [0.3, 0.4) is 0 Å². The van der Waals surface area contributed by atoms with E-state index >= 15 is 0 Å². The first-order valence-corrected chi connectivity index (χ1v) is 3.62. The number of carbonyl (C=O) groups excluding carboxylic acids is 1. The Hall–Kier alpha value is -1.29. The van der Waals surface area contributed by atoms with Crippen LogP contribution in [0.15, 0.2) is 22.6 Å². The summed E-state index contributed by atoms with van der Waals surface area (Å²) in [6.45, 7) is 3.37. The van der Waals surface area contributed by atoms with Crippen LogP contribution in [0.1, 0.15) is 0 Å². The third-order valence-corrected chi connectivity index (χ3v) is 1.69. The smallest absolute Gasteiger partial charge is 0.271 e. The number of rotatable bonds is 3. The number of aliphatic hydroxyl groups is 1. The van der Waals surface area contributed by atoms with Crippen LogP contribution < -0.4 is 0 Å². The molecule has 4 heteroatoms. The summed E-state index contributed by atoms with van der Waals surface area (Å²) in [5, 5.41) is 8.85. The number of nitrogens with zero attached hydrogens (tertiary/aromatic N) is 2. The summed E-state index contributed by atoms with van der Waals surface area (Å²) in [4.78, 5) is 18.5. The van der Waals surface area contributed by atoms with Crippen LogP contribution in [0.5, 0.6) is 0 Å². The molecule has 0 spiro atoms. The summed E-state index contributed by atoms with van der Waals surface area (Å²) in [5.74, 6) is -0.650. The monoisotopic (exact) mass is 166 g/mol. The molecule has 1 aliphatic rings. The van der Waals surface area contributed by atoms with E-state index in [1.54, 1.807) is 0 Å². The van der Waals surface area contributed by atoms with E-state index in [2.05, 4.69) is 16.6 Å². The summed E-state index contributed by atoms with van der Waals surface area (Å²) in [6, 6.07) is -0.586. The molecule has 1 rings (SSSR count). The van der Waals surface area contributed by atoms with Crippen molar-refractivity contribution >= 4 is 18.3 Å². The van der Waals surface area contributed by atoms with Crippen molar-refractivity contribution in [2.45, 2.75) is 6.04 Å². The van der Waals surface area contributed by atoms with Crippen molar-refractivity contribution in [2.24, 2.45) is 15.9 Å². The van der Waals surface area contributed by atoms with Crippen molar-refractivity contribution < 1.29 is 9.90 Å². The maximum atomic E-state index is 11.1. The van der Waals surface area contributed by atoms with E-state index in [9.17, 15) is 4.79 Å². The van der Waals surface area contributed by atoms with Gasteiger partial charge in [-0.15, -0.1) is 6.58 Å². The SMILES string of the molecule is C=C[C@@H](CO)C1N=CC=NC1=O. The van der Waals surface area contributed by atoms with Gasteiger partial charge >= 0.3 is 0 Å². The standard InChI is InChI=1S/C8H10N2O2/c1-2-6(5-11)7-8(12)10-4-3-9-7/h2-4,6-7,11H,1,5H2/t6-,7?/m0/s1. The number of aliphatic imine (C=N–C) groups is 2. The van der Waals surface area contributed by atoms with Crippen molar-refractivity contribution in [3.63, 3.8) is 0 Å². The van der Waals surface area contributed by atoms with E-state index in [1.807, 2.05) is 0 Å². The predicted octanol–water partition coefficient (Wildman–Crippen LogP) is -0.169. The van der Waals surface area contributed by atoms with Crippen LogP contribution in [-0.4, -0.2) is 36.1 Å². The molecule has 64 valence electrons. The van der Waals surface area contributed by atoms with Gasteiger partial charge in [-0.05, 0) is 0 Å². The molecule has 1 unspecified atom stereocenters. The Balaban J connectivity index is 2.73. The second kappa shape index (κ2) is 3.92. The fraction of sp³-hybridized carbons (Fsp3) is 0.375. The molecule has 1 aliphatic heterocycles. The molecule has 0 aromatic heterocycles. The predicted molar refractivity (Wildman–Crippen MR) is 46.6 cm³/mol. The fourth-order valence-electron chi connectivity index (χ4n) is 0.975. The Morgan fingerprint density at radius 3 is 3.00 bits per heavy atom. The van der Waals surface area contributed by atoms with E-state index in [0.29, 0.717) is 0 Å². The van der Waals surface area contributed by atoms with Gasteiger partial charge in [0.2, 0.25) is 0 Å². The lowest BCUT2D eigenvalue weighted by Crippen LogP contribution is -2.30. The van der Waals surface area contributed by atoms with Crippen LogP contribution >= 0.6 is 0 Å². The van der Waals surface area contributed by atoms with E-state index in [1.165, 1.54) is 18.5 Å². The van der Waals surface area contributed by atoms with Crippen molar-refractivity contribution in [3.05, 3.63) is 12.7 Å². The van der Waals surface area contributed by atoms with Gasteiger partial charge in [-0.2, -0.15) is 0 Å². The minimum absolute atomic E-state index is 0.132. The zero-order chi connectivity index (χ0) is 8.97. The van der Waals surface area contributed by atoms with Crippen LogP contribution in [0, 0.1) is 5.92 Å². The lowest BCUT2D eigenvalue weighted by Gasteiger charge is -2.16. The number of hydrogen-bond acceptors (Lipinski definition) is 3. The van der Waals surface area contributed by atoms with Gasteiger partial charge in [0.25, 0.3) is 5.91 Å². The van der Waals surface area contributed by atoms with E-state index < -0.39 is 6.04 Å². The van der Waals surface area contributed by atoms with Gasteiger partial charge < -0.3 is 5.11 Å². The summed E-state index contributed by atoms with van der Waals surface area (Å²) < 4.78 is 0. The van der Waals surface area contributed by atoms with E-state index in [4.69, 9.17) is 5.11 Å². The highest BCUT2D eigenvalue weighted by molar-refractivity contribution is 6.21. The van der Waals surface area contributed by atoms with Gasteiger partial charge in [0.05, 0.1) is 6.61 Å². The third-order valence-electron chi connectivity index (χ3n) is 1.69. The average Bonchev–Trinajstić information content (AvgIpc) is 2.10. The second-order valence-electron chi connectivity index (χ2n) is 2.44.